The van der Waals surface area contributed by atoms with Crippen molar-refractivity contribution in [1.29, 1.82) is 0 Å². The van der Waals surface area contributed by atoms with E-state index >= 15 is 0 Å². The lowest BCUT2D eigenvalue weighted by Crippen LogP contribution is -2.28. The van der Waals surface area contributed by atoms with Crippen molar-refractivity contribution in [3.05, 3.63) is 11.6 Å². The molecule has 1 saturated carbocycles. The zero-order chi connectivity index (χ0) is 8.88. The number of ketones is 1. The molecule has 3 N–H and O–H groups in total. The second kappa shape index (κ2) is 2.41. The smallest absolute Gasteiger partial charge is 0.175 e. The Bertz CT molecular complexity index is 257. The average Bonchev–Trinajstić information content (AvgIpc) is 2.72. The maximum Gasteiger partial charge on any atom is 0.175 e. The predicted octanol–water partition coefficient (Wildman–Crippen LogP) is -0.160. The van der Waals surface area contributed by atoms with Crippen LogP contribution in [-0.4, -0.2) is 23.0 Å². The highest BCUT2D eigenvalue weighted by molar-refractivity contribution is 6.00. The minimum absolute atomic E-state index is 0.000880. The summed E-state index contributed by atoms with van der Waals surface area (Å²) >= 11 is 0. The van der Waals surface area contributed by atoms with Crippen LogP contribution in [0.25, 0.3) is 0 Å². The molecule has 2 rings (SSSR count). The average molecular weight is 167 g/mol. The van der Waals surface area contributed by atoms with Gasteiger partial charge in [0, 0.05) is 0 Å². The van der Waals surface area contributed by atoms with Gasteiger partial charge in [0.05, 0.1) is 12.1 Å². The maximum absolute atomic E-state index is 11.4. The van der Waals surface area contributed by atoms with Crippen LogP contribution in [0.4, 0.5) is 0 Å². The highest BCUT2D eigenvalue weighted by atomic mass is 16.3. The molecule has 0 amide bonds. The molecule has 3 heteroatoms. The van der Waals surface area contributed by atoms with Gasteiger partial charge in [0.2, 0.25) is 0 Å². The second-order valence-electron chi connectivity index (χ2n) is 3.77. The summed E-state index contributed by atoms with van der Waals surface area (Å²) in [6.45, 7) is 1.69. The van der Waals surface area contributed by atoms with Crippen LogP contribution < -0.4 is 5.73 Å². The summed E-state index contributed by atoms with van der Waals surface area (Å²) in [7, 11) is 0. The summed E-state index contributed by atoms with van der Waals surface area (Å²) in [6, 6.07) is -0.428. The van der Waals surface area contributed by atoms with E-state index in [1.807, 2.05) is 0 Å². The molecule has 0 saturated heterocycles. The molecule has 1 fully saturated rings. The molecule has 0 unspecified atom stereocenters. The third kappa shape index (κ3) is 1.01. The number of nitrogens with two attached hydrogens (primary N) is 1. The Morgan fingerprint density at radius 2 is 2.50 bits per heavy atom. The quantitative estimate of drug-likeness (QED) is 0.600. The first-order valence-electron chi connectivity index (χ1n) is 4.31. The van der Waals surface area contributed by atoms with Gasteiger partial charge in [0.25, 0.3) is 0 Å². The maximum atomic E-state index is 11.4. The number of hydrogen-bond acceptors (Lipinski definition) is 3. The predicted molar refractivity (Wildman–Crippen MR) is 44.3 cm³/mol. The fourth-order valence-electron chi connectivity index (χ4n) is 1.91. The van der Waals surface area contributed by atoms with E-state index in [-0.39, 0.29) is 5.78 Å². The number of carbonyl (C=O) groups excluding carboxylic acids is 1. The van der Waals surface area contributed by atoms with Gasteiger partial charge in [-0.3, -0.25) is 4.79 Å². The van der Waals surface area contributed by atoms with Crippen LogP contribution in [0.5, 0.6) is 0 Å². The molecule has 0 heterocycles. The topological polar surface area (TPSA) is 63.3 Å². The van der Waals surface area contributed by atoms with Crippen molar-refractivity contribution >= 4 is 5.78 Å². The lowest BCUT2D eigenvalue weighted by molar-refractivity contribution is -0.116. The number of rotatable bonds is 2. The van der Waals surface area contributed by atoms with Gasteiger partial charge >= 0.3 is 0 Å². The summed E-state index contributed by atoms with van der Waals surface area (Å²) in [5.74, 6) is 0.639. The van der Waals surface area contributed by atoms with Gasteiger partial charge in [-0.15, -0.1) is 0 Å². The number of carbonyl (C=O) groups is 1. The lowest BCUT2D eigenvalue weighted by Gasteiger charge is -2.05. The van der Waals surface area contributed by atoms with Gasteiger partial charge in [0.15, 0.2) is 5.78 Å². The number of aliphatic hydroxyl groups excluding tert-OH is 1. The van der Waals surface area contributed by atoms with E-state index in [1.54, 1.807) is 13.0 Å². The number of hydrogen-bond donors (Lipinski definition) is 2. The molecule has 0 aromatic rings. The normalized spacial score (nSPS) is 40.2. The molecule has 66 valence electrons. The molecule has 4 atom stereocenters. The SMILES string of the molecule is C[C@H](N)C(=O)C1=C[C@H](O)[C@H]2C[C@@H]12. The van der Waals surface area contributed by atoms with Gasteiger partial charge in [-0.05, 0) is 36.8 Å². The second-order valence-corrected chi connectivity index (χ2v) is 3.77. The van der Waals surface area contributed by atoms with Crippen LogP contribution in [0.2, 0.25) is 0 Å². The minimum Gasteiger partial charge on any atom is -0.389 e. The van der Waals surface area contributed by atoms with Crippen LogP contribution >= 0.6 is 0 Å². The number of fused-ring (bicyclic) bond motifs is 1. The number of Topliss-reactive ketones (excluding diaryl/α,β-unsaturated/α-hetero) is 1. The van der Waals surface area contributed by atoms with E-state index in [9.17, 15) is 9.90 Å². The number of aliphatic hydroxyl groups is 1. The van der Waals surface area contributed by atoms with Gasteiger partial charge < -0.3 is 10.8 Å². The molecule has 2 aliphatic rings. The van der Waals surface area contributed by atoms with Crippen LogP contribution in [0.15, 0.2) is 11.6 Å². The van der Waals surface area contributed by atoms with Gasteiger partial charge in [-0.25, -0.2) is 0 Å². The van der Waals surface area contributed by atoms with Crippen molar-refractivity contribution in [3.63, 3.8) is 0 Å². The highest BCUT2D eigenvalue weighted by Crippen LogP contribution is 2.52. The van der Waals surface area contributed by atoms with Gasteiger partial charge in [-0.1, -0.05) is 0 Å². The van der Waals surface area contributed by atoms with Crippen molar-refractivity contribution in [3.8, 4) is 0 Å². The van der Waals surface area contributed by atoms with E-state index in [0.29, 0.717) is 11.8 Å². The Hall–Kier alpha value is -0.670. The monoisotopic (exact) mass is 167 g/mol. The molecule has 0 bridgehead atoms. The Morgan fingerprint density at radius 3 is 2.83 bits per heavy atom. The van der Waals surface area contributed by atoms with E-state index < -0.39 is 12.1 Å². The Kier molecular flexibility index (Phi) is 1.59. The highest BCUT2D eigenvalue weighted by Gasteiger charge is 2.50. The fourth-order valence-corrected chi connectivity index (χ4v) is 1.91. The molecule has 12 heavy (non-hydrogen) atoms. The molecule has 2 aliphatic carbocycles. The van der Waals surface area contributed by atoms with Crippen molar-refractivity contribution in [2.24, 2.45) is 17.6 Å². The summed E-state index contributed by atoms with van der Waals surface area (Å²) in [5.41, 5.74) is 6.24. The van der Waals surface area contributed by atoms with E-state index in [4.69, 9.17) is 5.73 Å². The zero-order valence-electron chi connectivity index (χ0n) is 7.03. The van der Waals surface area contributed by atoms with Crippen molar-refractivity contribution in [2.75, 3.05) is 0 Å². The molecule has 0 aliphatic heterocycles. The van der Waals surface area contributed by atoms with E-state index in [1.165, 1.54) is 0 Å². The molecule has 0 aromatic heterocycles. The molecule has 3 nitrogen and oxygen atoms in total. The zero-order valence-corrected chi connectivity index (χ0v) is 7.03. The van der Waals surface area contributed by atoms with E-state index in [2.05, 4.69) is 0 Å². The third-order valence-electron chi connectivity index (χ3n) is 2.73. The van der Waals surface area contributed by atoms with Crippen LogP contribution in [0, 0.1) is 11.8 Å². The molecule has 0 aromatic carbocycles. The summed E-state index contributed by atoms with van der Waals surface area (Å²) < 4.78 is 0. The van der Waals surface area contributed by atoms with Crippen LogP contribution in [0.3, 0.4) is 0 Å². The first kappa shape index (κ1) is 7.95. The lowest BCUT2D eigenvalue weighted by atomic mass is 10.0. The van der Waals surface area contributed by atoms with Crippen LogP contribution in [0.1, 0.15) is 13.3 Å². The molecule has 0 spiro atoms. The molecular formula is C9H13NO2. The van der Waals surface area contributed by atoms with Gasteiger partial charge in [0.1, 0.15) is 0 Å². The summed E-state index contributed by atoms with van der Waals surface area (Å²) in [4.78, 5) is 11.4. The minimum atomic E-state index is -0.428. The van der Waals surface area contributed by atoms with Crippen molar-refractivity contribution in [2.45, 2.75) is 25.5 Å². The summed E-state index contributed by atoms with van der Waals surface area (Å²) in [6.07, 6.45) is 2.24. The fraction of sp³-hybridized carbons (Fsp3) is 0.667. The van der Waals surface area contributed by atoms with Crippen LogP contribution in [-0.2, 0) is 4.79 Å². The van der Waals surface area contributed by atoms with Crippen molar-refractivity contribution < 1.29 is 9.90 Å². The standard InChI is InChI=1S/C9H13NO2/c1-4(10)9(12)7-3-8(11)6-2-5(6)7/h3-6,8,11H,2,10H2,1H3/t4-,5+,6-,8-/m0/s1. The largest absolute Gasteiger partial charge is 0.389 e. The van der Waals surface area contributed by atoms with Crippen molar-refractivity contribution in [1.82, 2.24) is 0 Å². The molecular weight excluding hydrogens is 154 g/mol. The first-order chi connectivity index (χ1) is 5.61. The summed E-state index contributed by atoms with van der Waals surface area (Å²) in [5, 5.41) is 9.37. The Balaban J connectivity index is 2.15. The van der Waals surface area contributed by atoms with E-state index in [0.717, 1.165) is 12.0 Å². The first-order valence-corrected chi connectivity index (χ1v) is 4.31. The molecule has 0 radical (unpaired) electrons. The Labute approximate surface area is 71.3 Å². The third-order valence-corrected chi connectivity index (χ3v) is 2.73. The van der Waals surface area contributed by atoms with Gasteiger partial charge in [-0.2, -0.15) is 0 Å². The Morgan fingerprint density at radius 1 is 1.83 bits per heavy atom.